The molecule has 0 fully saturated rings. The maximum Gasteiger partial charge on any atom is 0.321 e. The molecule has 6 heteroatoms. The molecule has 0 aliphatic rings. The van der Waals surface area contributed by atoms with Gasteiger partial charge in [-0.15, -0.1) is 11.3 Å². The van der Waals surface area contributed by atoms with Gasteiger partial charge in [-0.2, -0.15) is 0 Å². The summed E-state index contributed by atoms with van der Waals surface area (Å²) in [6.07, 6.45) is 3.27. The highest BCUT2D eigenvalue weighted by atomic mass is 32.1. The van der Waals surface area contributed by atoms with Crippen LogP contribution in [0.4, 0.5) is 0 Å². The Balaban J connectivity index is 1.66. The summed E-state index contributed by atoms with van der Waals surface area (Å²) in [5.41, 5.74) is 1.06. The molecular formula is C16H15N3O2S. The molecule has 0 atom stereocenters. The zero-order valence-electron chi connectivity index (χ0n) is 12.3. The topological polar surface area (TPSA) is 57.1 Å². The first-order valence-corrected chi connectivity index (χ1v) is 7.63. The van der Waals surface area contributed by atoms with E-state index in [0.717, 1.165) is 16.5 Å². The second kappa shape index (κ2) is 6.53. The molecule has 5 nitrogen and oxygen atoms in total. The van der Waals surface area contributed by atoms with Crippen molar-refractivity contribution < 1.29 is 9.47 Å². The molecule has 0 aliphatic carbocycles. The van der Waals surface area contributed by atoms with Crippen LogP contribution in [0.15, 0.2) is 42.7 Å². The van der Waals surface area contributed by atoms with Gasteiger partial charge >= 0.3 is 6.01 Å². The predicted octanol–water partition coefficient (Wildman–Crippen LogP) is 3.92. The Morgan fingerprint density at radius 3 is 2.55 bits per heavy atom. The first-order chi connectivity index (χ1) is 10.7. The molecule has 0 bridgehead atoms. The Labute approximate surface area is 132 Å². The third-order valence-electron chi connectivity index (χ3n) is 2.99. The largest absolute Gasteiger partial charge is 0.486 e. The van der Waals surface area contributed by atoms with Gasteiger partial charge in [0.05, 0.1) is 5.69 Å². The second-order valence-electron chi connectivity index (χ2n) is 4.65. The maximum atomic E-state index is 5.77. The molecular weight excluding hydrogens is 298 g/mol. The van der Waals surface area contributed by atoms with Crippen LogP contribution in [0.2, 0.25) is 0 Å². The van der Waals surface area contributed by atoms with Crippen LogP contribution in [0, 0.1) is 13.8 Å². The molecule has 2 heterocycles. The first-order valence-electron chi connectivity index (χ1n) is 6.81. The van der Waals surface area contributed by atoms with Crippen molar-refractivity contribution in [3.63, 3.8) is 0 Å². The van der Waals surface area contributed by atoms with Crippen LogP contribution in [0.5, 0.6) is 17.5 Å². The van der Waals surface area contributed by atoms with Gasteiger partial charge in [-0.05, 0) is 32.0 Å². The van der Waals surface area contributed by atoms with Gasteiger partial charge in [0.25, 0.3) is 0 Å². The number of aromatic nitrogens is 3. The summed E-state index contributed by atoms with van der Waals surface area (Å²) in [5.74, 6) is 1.36. The van der Waals surface area contributed by atoms with Gasteiger partial charge in [0, 0.05) is 23.3 Å². The number of nitrogens with zero attached hydrogens (tertiary/aromatic N) is 3. The van der Waals surface area contributed by atoms with Gasteiger partial charge in [0.15, 0.2) is 0 Å². The smallest absolute Gasteiger partial charge is 0.321 e. The monoisotopic (exact) mass is 313 g/mol. The minimum Gasteiger partial charge on any atom is -0.486 e. The van der Waals surface area contributed by atoms with Crippen molar-refractivity contribution in [2.24, 2.45) is 0 Å². The molecule has 0 saturated carbocycles. The Bertz CT molecular complexity index is 740. The number of thiazole rings is 1. The zero-order valence-corrected chi connectivity index (χ0v) is 13.1. The van der Waals surface area contributed by atoms with E-state index < -0.39 is 0 Å². The standard InChI is InChI=1S/C16H15N3O2S/c1-11-12(2)22-15(19-11)10-20-13-5-3-6-14(9-13)21-16-17-7-4-8-18-16/h3-9H,10H2,1-2H3. The SMILES string of the molecule is Cc1nc(COc2cccc(Oc3ncccn3)c2)sc1C. The van der Waals surface area contributed by atoms with Crippen molar-refractivity contribution in [2.45, 2.75) is 20.5 Å². The normalized spacial score (nSPS) is 10.5. The van der Waals surface area contributed by atoms with Crippen LogP contribution in [-0.4, -0.2) is 15.0 Å². The number of hydrogen-bond donors (Lipinski definition) is 0. The summed E-state index contributed by atoms with van der Waals surface area (Å²) in [6.45, 7) is 4.51. The van der Waals surface area contributed by atoms with Crippen molar-refractivity contribution in [2.75, 3.05) is 0 Å². The summed E-state index contributed by atoms with van der Waals surface area (Å²) in [4.78, 5) is 13.7. The van der Waals surface area contributed by atoms with Crippen molar-refractivity contribution in [1.82, 2.24) is 15.0 Å². The maximum absolute atomic E-state index is 5.77. The molecule has 1 aromatic carbocycles. The molecule has 0 amide bonds. The molecule has 0 radical (unpaired) electrons. The summed E-state index contributed by atoms with van der Waals surface area (Å²) >= 11 is 1.65. The van der Waals surface area contributed by atoms with E-state index in [2.05, 4.69) is 21.9 Å². The van der Waals surface area contributed by atoms with Gasteiger partial charge < -0.3 is 9.47 Å². The second-order valence-corrected chi connectivity index (χ2v) is 5.93. The number of aryl methyl sites for hydroxylation is 2. The van der Waals surface area contributed by atoms with Crippen molar-refractivity contribution in [3.8, 4) is 17.5 Å². The quantitative estimate of drug-likeness (QED) is 0.714. The Kier molecular flexibility index (Phi) is 4.29. The van der Waals surface area contributed by atoms with Crippen LogP contribution in [0.1, 0.15) is 15.6 Å². The summed E-state index contributed by atoms with van der Waals surface area (Å²) in [7, 11) is 0. The number of ether oxygens (including phenoxy) is 2. The lowest BCUT2D eigenvalue weighted by atomic mass is 10.3. The lowest BCUT2D eigenvalue weighted by Gasteiger charge is -2.07. The van der Waals surface area contributed by atoms with Crippen LogP contribution < -0.4 is 9.47 Å². The average molecular weight is 313 g/mol. The zero-order chi connectivity index (χ0) is 15.4. The minimum absolute atomic E-state index is 0.311. The highest BCUT2D eigenvalue weighted by Crippen LogP contribution is 2.24. The lowest BCUT2D eigenvalue weighted by molar-refractivity contribution is 0.303. The molecule has 3 rings (SSSR count). The van der Waals surface area contributed by atoms with E-state index in [1.54, 1.807) is 29.8 Å². The summed E-state index contributed by atoms with van der Waals surface area (Å²) in [5, 5.41) is 0.965. The van der Waals surface area contributed by atoms with Crippen LogP contribution in [-0.2, 0) is 6.61 Å². The Hall–Kier alpha value is -2.47. The van der Waals surface area contributed by atoms with E-state index in [9.17, 15) is 0 Å². The van der Waals surface area contributed by atoms with Gasteiger partial charge in [0.2, 0.25) is 0 Å². The number of benzene rings is 1. The molecule has 0 unspecified atom stereocenters. The van der Waals surface area contributed by atoms with E-state index in [1.807, 2.05) is 31.2 Å². The third-order valence-corrected chi connectivity index (χ3v) is 4.04. The van der Waals surface area contributed by atoms with E-state index >= 15 is 0 Å². The molecule has 112 valence electrons. The van der Waals surface area contributed by atoms with Crippen molar-refractivity contribution in [3.05, 3.63) is 58.3 Å². The van der Waals surface area contributed by atoms with Gasteiger partial charge in [-0.1, -0.05) is 6.07 Å². The fourth-order valence-corrected chi connectivity index (χ4v) is 2.66. The molecule has 0 aliphatic heterocycles. The van der Waals surface area contributed by atoms with E-state index in [4.69, 9.17) is 9.47 Å². The van der Waals surface area contributed by atoms with Gasteiger partial charge in [0.1, 0.15) is 23.1 Å². The van der Waals surface area contributed by atoms with E-state index in [0.29, 0.717) is 18.4 Å². The first kappa shape index (κ1) is 14.5. The molecule has 0 spiro atoms. The Morgan fingerprint density at radius 1 is 1.05 bits per heavy atom. The van der Waals surface area contributed by atoms with Crippen LogP contribution in [0.25, 0.3) is 0 Å². The molecule has 0 saturated heterocycles. The number of hydrogen-bond acceptors (Lipinski definition) is 6. The molecule has 0 N–H and O–H groups in total. The third kappa shape index (κ3) is 3.59. The predicted molar refractivity (Wildman–Crippen MR) is 84.5 cm³/mol. The average Bonchev–Trinajstić information content (AvgIpc) is 2.85. The van der Waals surface area contributed by atoms with Crippen molar-refractivity contribution in [1.29, 1.82) is 0 Å². The van der Waals surface area contributed by atoms with Crippen LogP contribution >= 0.6 is 11.3 Å². The fraction of sp³-hybridized carbons (Fsp3) is 0.188. The minimum atomic E-state index is 0.311. The van der Waals surface area contributed by atoms with E-state index in [1.165, 1.54) is 4.88 Å². The molecule has 2 aromatic heterocycles. The summed E-state index contributed by atoms with van der Waals surface area (Å²) in [6, 6.07) is 9.44. The van der Waals surface area contributed by atoms with Crippen LogP contribution in [0.3, 0.4) is 0 Å². The molecule has 22 heavy (non-hydrogen) atoms. The van der Waals surface area contributed by atoms with Gasteiger partial charge in [-0.3, -0.25) is 0 Å². The highest BCUT2D eigenvalue weighted by Gasteiger charge is 2.06. The fourth-order valence-electron chi connectivity index (χ4n) is 1.82. The van der Waals surface area contributed by atoms with Gasteiger partial charge in [-0.25, -0.2) is 15.0 Å². The summed E-state index contributed by atoms with van der Waals surface area (Å²) < 4.78 is 11.3. The Morgan fingerprint density at radius 2 is 1.82 bits per heavy atom. The van der Waals surface area contributed by atoms with Crippen molar-refractivity contribution >= 4 is 11.3 Å². The molecule has 3 aromatic rings. The number of rotatable bonds is 5. The van der Waals surface area contributed by atoms with E-state index in [-0.39, 0.29) is 0 Å². The highest BCUT2D eigenvalue weighted by molar-refractivity contribution is 7.11. The lowest BCUT2D eigenvalue weighted by Crippen LogP contribution is -1.95.